The standard InChI is InChI=1S/C13H27N3O3S/c1-3-7-14-8-4-9-16(2)20(17,18)15-12-10-11-5-6-13(12)19-11/h11-15H,3-10H2,1-2H3. The number of rotatable bonds is 9. The molecule has 0 amide bonds. The number of nitrogens with zero attached hydrogens (tertiary/aromatic N) is 1. The number of hydrogen-bond donors (Lipinski definition) is 2. The maximum atomic E-state index is 12.2. The van der Waals surface area contributed by atoms with Crippen molar-refractivity contribution in [2.75, 3.05) is 26.7 Å². The van der Waals surface area contributed by atoms with Gasteiger partial charge in [0.15, 0.2) is 0 Å². The molecule has 0 aliphatic carbocycles. The zero-order valence-corrected chi connectivity index (χ0v) is 13.3. The molecule has 0 saturated carbocycles. The minimum Gasteiger partial charge on any atom is -0.373 e. The van der Waals surface area contributed by atoms with Crippen LogP contribution >= 0.6 is 0 Å². The fraction of sp³-hybridized carbons (Fsp3) is 1.00. The Bertz CT molecular complexity index is 402. The van der Waals surface area contributed by atoms with Crippen LogP contribution in [0.15, 0.2) is 0 Å². The van der Waals surface area contributed by atoms with E-state index in [1.165, 1.54) is 4.31 Å². The van der Waals surface area contributed by atoms with Gasteiger partial charge in [-0.15, -0.1) is 0 Å². The van der Waals surface area contributed by atoms with Crippen LogP contribution in [0.3, 0.4) is 0 Å². The predicted molar refractivity (Wildman–Crippen MR) is 78.8 cm³/mol. The SMILES string of the molecule is CCCNCCCN(C)S(=O)(=O)NC1CC2CCC1O2. The Morgan fingerprint density at radius 3 is 2.70 bits per heavy atom. The molecule has 3 unspecified atom stereocenters. The first kappa shape index (κ1) is 16.2. The molecular weight excluding hydrogens is 278 g/mol. The summed E-state index contributed by atoms with van der Waals surface area (Å²) in [5, 5.41) is 3.28. The van der Waals surface area contributed by atoms with Crippen LogP contribution in [-0.4, -0.2) is 57.7 Å². The van der Waals surface area contributed by atoms with Crippen molar-refractivity contribution in [1.82, 2.24) is 14.3 Å². The summed E-state index contributed by atoms with van der Waals surface area (Å²) in [5.74, 6) is 0. The second kappa shape index (κ2) is 7.17. The summed E-state index contributed by atoms with van der Waals surface area (Å²) in [5.41, 5.74) is 0. The Kier molecular flexibility index (Phi) is 5.80. The second-order valence-electron chi connectivity index (χ2n) is 5.76. The molecule has 2 N–H and O–H groups in total. The predicted octanol–water partition coefficient (Wildman–Crippen LogP) is 0.462. The van der Waals surface area contributed by atoms with E-state index >= 15 is 0 Å². The molecule has 2 aliphatic heterocycles. The van der Waals surface area contributed by atoms with Gasteiger partial charge in [-0.2, -0.15) is 17.4 Å². The van der Waals surface area contributed by atoms with Gasteiger partial charge >= 0.3 is 0 Å². The van der Waals surface area contributed by atoms with Gasteiger partial charge in [-0.3, -0.25) is 0 Å². The van der Waals surface area contributed by atoms with Crippen LogP contribution in [0.1, 0.15) is 39.0 Å². The highest BCUT2D eigenvalue weighted by Gasteiger charge is 2.42. The molecule has 7 heteroatoms. The monoisotopic (exact) mass is 305 g/mol. The van der Waals surface area contributed by atoms with E-state index in [0.717, 1.165) is 45.2 Å². The van der Waals surface area contributed by atoms with Gasteiger partial charge in [-0.1, -0.05) is 6.92 Å². The Morgan fingerprint density at radius 2 is 2.10 bits per heavy atom. The lowest BCUT2D eigenvalue weighted by atomic mass is 9.96. The molecule has 6 nitrogen and oxygen atoms in total. The Morgan fingerprint density at radius 1 is 1.30 bits per heavy atom. The van der Waals surface area contributed by atoms with Crippen LogP contribution in [0, 0.1) is 0 Å². The topological polar surface area (TPSA) is 70.7 Å². The molecule has 0 aromatic heterocycles. The third kappa shape index (κ3) is 4.14. The van der Waals surface area contributed by atoms with Crippen LogP contribution < -0.4 is 10.0 Å². The zero-order valence-electron chi connectivity index (χ0n) is 12.5. The number of hydrogen-bond acceptors (Lipinski definition) is 4. The molecule has 0 aromatic rings. The normalized spacial score (nSPS) is 29.4. The fourth-order valence-corrected chi connectivity index (χ4v) is 4.07. The average Bonchev–Trinajstić information content (AvgIpc) is 3.00. The summed E-state index contributed by atoms with van der Waals surface area (Å²) in [4.78, 5) is 0. The largest absolute Gasteiger partial charge is 0.373 e. The van der Waals surface area contributed by atoms with Gasteiger partial charge in [0.1, 0.15) is 0 Å². The minimum atomic E-state index is -3.38. The van der Waals surface area contributed by atoms with E-state index in [4.69, 9.17) is 4.74 Å². The summed E-state index contributed by atoms with van der Waals surface area (Å²) in [7, 11) is -1.75. The molecule has 20 heavy (non-hydrogen) atoms. The number of ether oxygens (including phenoxy) is 1. The van der Waals surface area contributed by atoms with Crippen LogP contribution in [-0.2, 0) is 14.9 Å². The van der Waals surface area contributed by atoms with E-state index in [9.17, 15) is 8.42 Å². The number of nitrogens with one attached hydrogen (secondary N) is 2. The summed E-state index contributed by atoms with van der Waals surface area (Å²) in [6.45, 7) is 4.49. The van der Waals surface area contributed by atoms with Crippen molar-refractivity contribution in [3.63, 3.8) is 0 Å². The molecule has 0 aromatic carbocycles. The van der Waals surface area contributed by atoms with E-state index in [-0.39, 0.29) is 18.2 Å². The van der Waals surface area contributed by atoms with Crippen molar-refractivity contribution < 1.29 is 13.2 Å². The quantitative estimate of drug-likeness (QED) is 0.607. The number of fused-ring (bicyclic) bond motifs is 2. The highest BCUT2D eigenvalue weighted by atomic mass is 32.2. The summed E-state index contributed by atoms with van der Waals surface area (Å²) in [6, 6.07) is -0.0422. The Hall–Kier alpha value is -0.210. The maximum Gasteiger partial charge on any atom is 0.279 e. The third-order valence-corrected chi connectivity index (χ3v) is 5.67. The lowest BCUT2D eigenvalue weighted by molar-refractivity contribution is 0.0994. The summed E-state index contributed by atoms with van der Waals surface area (Å²) in [6.07, 6.45) is 5.12. The fourth-order valence-electron chi connectivity index (χ4n) is 2.89. The zero-order chi connectivity index (χ0) is 14.6. The molecule has 2 aliphatic rings. The van der Waals surface area contributed by atoms with Gasteiger partial charge < -0.3 is 10.1 Å². The van der Waals surface area contributed by atoms with Crippen LogP contribution in [0.5, 0.6) is 0 Å². The van der Waals surface area contributed by atoms with E-state index in [0.29, 0.717) is 6.54 Å². The molecule has 2 bridgehead atoms. The second-order valence-corrected chi connectivity index (χ2v) is 7.57. The highest BCUT2D eigenvalue weighted by molar-refractivity contribution is 7.87. The molecule has 0 radical (unpaired) electrons. The molecule has 2 heterocycles. The van der Waals surface area contributed by atoms with E-state index in [1.54, 1.807) is 7.05 Å². The molecule has 2 saturated heterocycles. The Balaban J connectivity index is 1.72. The molecule has 0 spiro atoms. The lowest BCUT2D eigenvalue weighted by Gasteiger charge is -2.24. The third-order valence-electron chi connectivity index (χ3n) is 4.07. The van der Waals surface area contributed by atoms with Crippen LogP contribution in [0.2, 0.25) is 0 Å². The molecule has 118 valence electrons. The van der Waals surface area contributed by atoms with E-state index in [1.807, 2.05) is 0 Å². The van der Waals surface area contributed by atoms with Crippen LogP contribution in [0.25, 0.3) is 0 Å². The molecule has 2 rings (SSSR count). The first-order valence-electron chi connectivity index (χ1n) is 7.62. The maximum absolute atomic E-state index is 12.2. The summed E-state index contributed by atoms with van der Waals surface area (Å²) < 4.78 is 34.3. The highest BCUT2D eigenvalue weighted by Crippen LogP contribution is 2.34. The van der Waals surface area contributed by atoms with E-state index in [2.05, 4.69) is 17.0 Å². The van der Waals surface area contributed by atoms with Crippen molar-refractivity contribution in [2.45, 2.75) is 57.3 Å². The summed E-state index contributed by atoms with van der Waals surface area (Å²) >= 11 is 0. The van der Waals surface area contributed by atoms with Gasteiger partial charge in [-0.05, 0) is 45.2 Å². The Labute approximate surface area is 122 Å². The van der Waals surface area contributed by atoms with Crippen LogP contribution in [0.4, 0.5) is 0 Å². The van der Waals surface area contributed by atoms with Gasteiger partial charge in [0.25, 0.3) is 10.2 Å². The van der Waals surface area contributed by atoms with Crippen molar-refractivity contribution in [2.24, 2.45) is 0 Å². The van der Waals surface area contributed by atoms with Crippen molar-refractivity contribution >= 4 is 10.2 Å². The first-order valence-corrected chi connectivity index (χ1v) is 9.06. The van der Waals surface area contributed by atoms with Crippen molar-refractivity contribution in [3.05, 3.63) is 0 Å². The smallest absolute Gasteiger partial charge is 0.279 e. The van der Waals surface area contributed by atoms with Gasteiger partial charge in [0, 0.05) is 13.6 Å². The van der Waals surface area contributed by atoms with E-state index < -0.39 is 10.2 Å². The van der Waals surface area contributed by atoms with Gasteiger partial charge in [0.05, 0.1) is 18.2 Å². The first-order chi connectivity index (χ1) is 9.53. The van der Waals surface area contributed by atoms with Gasteiger partial charge in [-0.25, -0.2) is 0 Å². The van der Waals surface area contributed by atoms with Gasteiger partial charge in [0.2, 0.25) is 0 Å². The average molecular weight is 305 g/mol. The minimum absolute atomic E-state index is 0.0422. The van der Waals surface area contributed by atoms with Crippen molar-refractivity contribution in [1.29, 1.82) is 0 Å². The van der Waals surface area contributed by atoms with Crippen molar-refractivity contribution in [3.8, 4) is 0 Å². The lowest BCUT2D eigenvalue weighted by Crippen LogP contribution is -2.47. The molecule has 2 fully saturated rings. The molecule has 3 atom stereocenters. The molecular formula is C13H27N3O3S.